The maximum atomic E-state index is 13.3. The van der Waals surface area contributed by atoms with Gasteiger partial charge in [0.1, 0.15) is 4.21 Å². The molecule has 2 aromatic heterocycles. The van der Waals surface area contributed by atoms with Crippen molar-refractivity contribution >= 4 is 27.3 Å². The first kappa shape index (κ1) is 29.4. The van der Waals surface area contributed by atoms with Crippen LogP contribution in [0.2, 0.25) is 0 Å². The van der Waals surface area contributed by atoms with E-state index >= 15 is 0 Å². The Morgan fingerprint density at radius 2 is 1.75 bits per heavy atom. The quantitative estimate of drug-likeness (QED) is 0.466. The van der Waals surface area contributed by atoms with Crippen molar-refractivity contribution in [3.8, 4) is 0 Å². The van der Waals surface area contributed by atoms with Gasteiger partial charge in [0.05, 0.1) is 31.4 Å². The number of fused-ring (bicyclic) bond motifs is 2. The van der Waals surface area contributed by atoms with Crippen molar-refractivity contribution in [3.05, 3.63) is 35.5 Å². The predicted molar refractivity (Wildman–Crippen MR) is 128 cm³/mol. The van der Waals surface area contributed by atoms with Gasteiger partial charge in [-0.2, -0.15) is 30.6 Å². The lowest BCUT2D eigenvalue weighted by Crippen LogP contribution is -2.61. The first-order chi connectivity index (χ1) is 18.6. The molecule has 5 rings (SSSR count). The first-order valence-electron chi connectivity index (χ1n) is 12.1. The van der Waals surface area contributed by atoms with Gasteiger partial charge in [-0.05, 0) is 17.9 Å². The van der Waals surface area contributed by atoms with Crippen LogP contribution in [-0.4, -0.2) is 114 Å². The second kappa shape index (κ2) is 10.3. The Balaban J connectivity index is 1.45. The van der Waals surface area contributed by atoms with Gasteiger partial charge in [0, 0.05) is 50.2 Å². The zero-order valence-electron chi connectivity index (χ0n) is 20.6. The minimum atomic E-state index is -6.09. The molecule has 2 aromatic rings. The number of hydrogen-bond acceptors (Lipinski definition) is 10. The number of halogens is 6. The van der Waals surface area contributed by atoms with Crippen LogP contribution in [0.4, 0.5) is 32.3 Å². The molecule has 2 N–H and O–H groups in total. The summed E-state index contributed by atoms with van der Waals surface area (Å²) in [6, 6.07) is 1.87. The largest absolute Gasteiger partial charge is 0.430 e. The van der Waals surface area contributed by atoms with Crippen LogP contribution in [0.1, 0.15) is 12.0 Å². The van der Waals surface area contributed by atoms with Crippen molar-refractivity contribution in [1.82, 2.24) is 19.2 Å². The van der Waals surface area contributed by atoms with Crippen LogP contribution in [0.15, 0.2) is 34.1 Å². The molecule has 3 saturated heterocycles. The monoisotopic (exact) mass is 617 g/mol. The summed E-state index contributed by atoms with van der Waals surface area (Å²) in [6.07, 6.45) is -11.9. The van der Waals surface area contributed by atoms with Gasteiger partial charge in [0.15, 0.2) is 0 Å². The number of aromatic nitrogens is 2. The molecule has 3 fully saturated rings. The second-order valence-electron chi connectivity index (χ2n) is 9.88. The fraction of sp³-hybridized carbons (Fsp3) is 0.636. The number of sulfonamides is 1. The normalized spacial score (nSPS) is 27.4. The van der Waals surface area contributed by atoms with Gasteiger partial charge in [-0.1, -0.05) is 6.07 Å². The molecule has 5 heterocycles. The third-order valence-corrected chi connectivity index (χ3v) is 10.8. The number of alkyl halides is 6. The number of anilines is 1. The van der Waals surface area contributed by atoms with Gasteiger partial charge in [-0.15, -0.1) is 11.3 Å². The number of hydrogen-bond donors (Lipinski definition) is 2. The lowest BCUT2D eigenvalue weighted by Gasteiger charge is -2.45. The van der Waals surface area contributed by atoms with Crippen molar-refractivity contribution in [3.63, 3.8) is 0 Å². The van der Waals surface area contributed by atoms with Crippen LogP contribution in [0, 0.1) is 0 Å². The number of ether oxygens (including phenoxy) is 1. The molecular formula is C22H25F6N5O5S2. The number of aliphatic hydroxyl groups excluding tert-OH is 1. The number of aliphatic hydroxyl groups is 2. The van der Waals surface area contributed by atoms with Crippen LogP contribution in [0.3, 0.4) is 0 Å². The molecule has 40 heavy (non-hydrogen) atoms. The van der Waals surface area contributed by atoms with Crippen LogP contribution >= 0.6 is 11.3 Å². The zero-order chi connectivity index (χ0) is 29.1. The van der Waals surface area contributed by atoms with Crippen LogP contribution < -0.4 is 4.90 Å². The number of rotatable bonds is 6. The Bertz CT molecular complexity index is 1280. The first-order valence-corrected chi connectivity index (χ1v) is 14.5. The fourth-order valence-electron chi connectivity index (χ4n) is 5.43. The van der Waals surface area contributed by atoms with Crippen LogP contribution in [0.25, 0.3) is 0 Å². The Morgan fingerprint density at radius 3 is 2.33 bits per heavy atom. The molecule has 2 bridgehead atoms. The molecule has 18 heteroatoms. The third kappa shape index (κ3) is 4.96. The molecule has 3 aliphatic heterocycles. The van der Waals surface area contributed by atoms with Crippen molar-refractivity contribution in [2.45, 2.75) is 52.8 Å². The lowest BCUT2D eigenvalue weighted by molar-refractivity contribution is -0.376. The molecule has 10 nitrogen and oxygen atoms in total. The minimum absolute atomic E-state index is 0.0142. The maximum absolute atomic E-state index is 13.3. The van der Waals surface area contributed by atoms with Gasteiger partial charge in [-0.3, -0.25) is 4.90 Å². The summed E-state index contributed by atoms with van der Waals surface area (Å²) in [4.78, 5) is 11.0. The maximum Gasteiger partial charge on any atom is 0.430 e. The van der Waals surface area contributed by atoms with E-state index in [1.165, 1.54) is 15.3 Å². The Hall–Kier alpha value is -2.09. The Kier molecular flexibility index (Phi) is 7.59. The van der Waals surface area contributed by atoms with E-state index in [1.54, 1.807) is 11.4 Å². The van der Waals surface area contributed by atoms with Gasteiger partial charge in [0.25, 0.3) is 15.6 Å². The Labute approximate surface area is 228 Å². The molecule has 0 aliphatic carbocycles. The average molecular weight is 618 g/mol. The molecule has 4 atom stereocenters. The van der Waals surface area contributed by atoms with E-state index in [1.807, 2.05) is 4.90 Å². The van der Waals surface area contributed by atoms with Crippen molar-refractivity contribution in [2.75, 3.05) is 44.3 Å². The zero-order valence-corrected chi connectivity index (χ0v) is 22.2. The standard InChI is InChI=1S/C22H25F6N5O5S2/c23-21(24,25)20(35,22(26,27)28)13-7-29-19(30-8-13)32-4-3-31(40(36,37)18-2-1-5-39-18)9-15(32)10-33-14-6-17(34)16(33)12-38-11-14/h1-2,5,7-8,14-17,34-35H,3-4,6,9-12H2. The number of nitrogens with zero attached hydrogens (tertiary/aromatic N) is 5. The summed E-state index contributed by atoms with van der Waals surface area (Å²) in [5.74, 6) is -0.227. The highest BCUT2D eigenvalue weighted by atomic mass is 32.2. The Morgan fingerprint density at radius 1 is 1.07 bits per heavy atom. The number of thiophene rings is 1. The summed E-state index contributed by atoms with van der Waals surface area (Å²) in [5.41, 5.74) is -6.77. The van der Waals surface area contributed by atoms with E-state index in [2.05, 4.69) is 9.97 Å². The van der Waals surface area contributed by atoms with E-state index in [9.17, 15) is 45.0 Å². The number of piperazine rings is 1. The van der Waals surface area contributed by atoms with Gasteiger partial charge in [-0.25, -0.2) is 18.4 Å². The fourth-order valence-corrected chi connectivity index (χ4v) is 8.05. The molecule has 3 aliphatic rings. The summed E-state index contributed by atoms with van der Waals surface area (Å²) >= 11 is 1.04. The highest BCUT2D eigenvalue weighted by Crippen LogP contribution is 2.49. The van der Waals surface area contributed by atoms with Crippen LogP contribution in [0.5, 0.6) is 0 Å². The van der Waals surface area contributed by atoms with Gasteiger partial charge in [0.2, 0.25) is 5.95 Å². The molecular weight excluding hydrogens is 592 g/mol. The topological polar surface area (TPSA) is 119 Å². The predicted octanol–water partition coefficient (Wildman–Crippen LogP) is 1.56. The van der Waals surface area contributed by atoms with E-state index in [4.69, 9.17) is 4.74 Å². The average Bonchev–Trinajstić information content (AvgIpc) is 3.48. The summed E-state index contributed by atoms with van der Waals surface area (Å²) in [6.45, 7) is 0.658. The molecule has 222 valence electrons. The lowest BCUT2D eigenvalue weighted by atomic mass is 9.95. The molecule has 0 saturated carbocycles. The smallest absolute Gasteiger partial charge is 0.391 e. The van der Waals surface area contributed by atoms with Crippen LogP contribution in [-0.2, 0) is 20.4 Å². The van der Waals surface area contributed by atoms with Gasteiger partial charge < -0.3 is 19.8 Å². The van der Waals surface area contributed by atoms with Gasteiger partial charge >= 0.3 is 12.4 Å². The van der Waals surface area contributed by atoms with Crippen molar-refractivity contribution in [2.24, 2.45) is 0 Å². The molecule has 0 radical (unpaired) electrons. The SMILES string of the molecule is O=S(=O)(c1cccs1)N1CCN(c2ncc(C(O)(C(F)(F)F)C(F)(F)F)cn2)C(CN2C3COCC2C(O)C3)C1. The molecule has 0 amide bonds. The number of morpholine rings is 1. The van der Waals surface area contributed by atoms with E-state index < -0.39 is 45.7 Å². The minimum Gasteiger partial charge on any atom is -0.391 e. The highest BCUT2D eigenvalue weighted by Gasteiger charge is 2.71. The van der Waals surface area contributed by atoms with Crippen molar-refractivity contribution in [1.29, 1.82) is 0 Å². The third-order valence-electron chi connectivity index (χ3n) is 7.54. The highest BCUT2D eigenvalue weighted by molar-refractivity contribution is 7.91. The summed E-state index contributed by atoms with van der Waals surface area (Å²) in [5, 5.41) is 21.7. The summed E-state index contributed by atoms with van der Waals surface area (Å²) < 4.78 is 113. The molecule has 4 unspecified atom stereocenters. The van der Waals surface area contributed by atoms with E-state index in [0.29, 0.717) is 13.0 Å². The summed E-state index contributed by atoms with van der Waals surface area (Å²) in [7, 11) is -3.87. The second-order valence-corrected chi connectivity index (χ2v) is 13.0. The molecule has 0 spiro atoms. The molecule has 0 aromatic carbocycles. The van der Waals surface area contributed by atoms with E-state index in [0.717, 1.165) is 11.3 Å². The van der Waals surface area contributed by atoms with E-state index in [-0.39, 0.29) is 67.4 Å². The van der Waals surface area contributed by atoms with Crippen molar-refractivity contribution < 1.29 is 49.7 Å².